The highest BCUT2D eigenvalue weighted by Crippen LogP contribution is 2.67. The summed E-state index contributed by atoms with van der Waals surface area (Å²) >= 11 is 0. The van der Waals surface area contributed by atoms with Gasteiger partial charge in [0.2, 0.25) is 0 Å². The van der Waals surface area contributed by atoms with E-state index >= 15 is 0 Å². The van der Waals surface area contributed by atoms with Crippen LogP contribution in [0.1, 0.15) is 92.1 Å². The van der Waals surface area contributed by atoms with Crippen molar-refractivity contribution in [2.45, 2.75) is 92.1 Å². The number of rotatable bonds is 2. The Kier molecular flexibility index (Phi) is 5.40. The summed E-state index contributed by atoms with van der Waals surface area (Å²) in [5.74, 6) is 0.771. The normalized spacial score (nSPS) is 35.7. The van der Waals surface area contributed by atoms with E-state index in [1.165, 1.54) is 12.8 Å². The lowest BCUT2D eigenvalue weighted by molar-refractivity contribution is -0.176. The predicted octanol–water partition coefficient (Wildman–Crippen LogP) is 5.81. The number of carbonyl (C=O) groups excluding carboxylic acids is 1. The minimum atomic E-state index is -0.689. The van der Waals surface area contributed by atoms with Crippen molar-refractivity contribution in [3.05, 3.63) is 17.7 Å². The van der Waals surface area contributed by atoms with E-state index in [2.05, 4.69) is 27.7 Å². The van der Waals surface area contributed by atoms with E-state index in [4.69, 9.17) is 9.47 Å². The van der Waals surface area contributed by atoms with Gasteiger partial charge in [0.1, 0.15) is 11.4 Å². The molecule has 3 aliphatic rings. The number of hydrogen-bond donors (Lipinski definition) is 2. The second-order valence-corrected chi connectivity index (χ2v) is 12.6. The number of hydrogen-bond acceptors (Lipinski definition) is 5. The van der Waals surface area contributed by atoms with Gasteiger partial charge in [0.25, 0.3) is 0 Å². The largest absolute Gasteiger partial charge is 0.504 e. The zero-order valence-electron chi connectivity index (χ0n) is 20.7. The second-order valence-electron chi connectivity index (χ2n) is 12.6. The van der Waals surface area contributed by atoms with Gasteiger partial charge in [-0.3, -0.25) is 4.79 Å². The fourth-order valence-corrected chi connectivity index (χ4v) is 7.45. The Morgan fingerprint density at radius 3 is 2.47 bits per heavy atom. The van der Waals surface area contributed by atoms with Gasteiger partial charge in [-0.25, -0.2) is 0 Å². The molecule has 32 heavy (non-hydrogen) atoms. The fourth-order valence-electron chi connectivity index (χ4n) is 7.45. The van der Waals surface area contributed by atoms with Crippen LogP contribution in [-0.2, 0) is 4.79 Å². The van der Waals surface area contributed by atoms with Gasteiger partial charge in [-0.05, 0) is 76.2 Å². The topological polar surface area (TPSA) is 76.0 Å². The van der Waals surface area contributed by atoms with Crippen LogP contribution < -0.4 is 9.47 Å². The molecule has 5 atom stereocenters. The van der Waals surface area contributed by atoms with Crippen LogP contribution in [0.25, 0.3) is 0 Å². The Hall–Kier alpha value is -1.75. The molecule has 1 aromatic rings. The lowest BCUT2D eigenvalue weighted by atomic mass is 9.43. The number of aliphatic hydroxyl groups excluding tert-OH is 1. The van der Waals surface area contributed by atoms with Gasteiger partial charge >= 0.3 is 5.97 Å². The van der Waals surface area contributed by atoms with E-state index in [1.54, 1.807) is 32.9 Å². The highest BCUT2D eigenvalue weighted by molar-refractivity contribution is 5.78. The maximum Gasteiger partial charge on any atom is 0.316 e. The number of carbonyl (C=O) groups is 1. The van der Waals surface area contributed by atoms with Gasteiger partial charge in [0.05, 0.1) is 12.0 Å². The van der Waals surface area contributed by atoms with Crippen LogP contribution in [-0.4, -0.2) is 28.4 Å². The molecule has 5 nitrogen and oxygen atoms in total. The zero-order chi connectivity index (χ0) is 23.7. The highest BCUT2D eigenvalue weighted by Gasteiger charge is 2.63. The van der Waals surface area contributed by atoms with Gasteiger partial charge in [-0.2, -0.15) is 0 Å². The highest BCUT2D eigenvalue weighted by atomic mass is 16.5. The van der Waals surface area contributed by atoms with E-state index in [1.807, 2.05) is 0 Å². The fraction of sp³-hybridized carbons (Fsp3) is 0.741. The van der Waals surface area contributed by atoms with E-state index in [0.29, 0.717) is 11.7 Å². The molecule has 0 amide bonds. The van der Waals surface area contributed by atoms with Crippen molar-refractivity contribution in [2.24, 2.45) is 28.1 Å². The van der Waals surface area contributed by atoms with Crippen LogP contribution in [0.15, 0.2) is 12.1 Å². The summed E-state index contributed by atoms with van der Waals surface area (Å²) in [7, 11) is 0. The van der Waals surface area contributed by atoms with Gasteiger partial charge in [-0.1, -0.05) is 27.2 Å². The number of phenols is 1. The molecular weight excluding hydrogens is 404 g/mol. The van der Waals surface area contributed by atoms with Crippen LogP contribution in [0.4, 0.5) is 0 Å². The first-order valence-corrected chi connectivity index (χ1v) is 12.1. The van der Waals surface area contributed by atoms with Crippen molar-refractivity contribution in [3.63, 3.8) is 0 Å². The van der Waals surface area contributed by atoms with Crippen molar-refractivity contribution >= 4 is 5.97 Å². The lowest BCUT2D eigenvalue weighted by Gasteiger charge is -2.65. The van der Waals surface area contributed by atoms with Crippen molar-refractivity contribution in [3.8, 4) is 17.2 Å². The molecule has 1 aliphatic heterocycles. The van der Waals surface area contributed by atoms with Crippen LogP contribution in [0.2, 0.25) is 0 Å². The molecule has 178 valence electrons. The summed E-state index contributed by atoms with van der Waals surface area (Å²) in [6.45, 7) is 14.7. The van der Waals surface area contributed by atoms with Crippen molar-refractivity contribution < 1.29 is 24.5 Å². The average Bonchev–Trinajstić information content (AvgIpc) is 2.65. The van der Waals surface area contributed by atoms with Gasteiger partial charge in [0.15, 0.2) is 11.5 Å². The van der Waals surface area contributed by atoms with Gasteiger partial charge in [-0.15, -0.1) is 0 Å². The van der Waals surface area contributed by atoms with Crippen molar-refractivity contribution in [2.75, 3.05) is 6.61 Å². The molecule has 0 bridgehead atoms. The summed E-state index contributed by atoms with van der Waals surface area (Å²) in [4.78, 5) is 12.5. The Morgan fingerprint density at radius 2 is 1.84 bits per heavy atom. The summed E-state index contributed by atoms with van der Waals surface area (Å²) in [6, 6.07) is 3.28. The van der Waals surface area contributed by atoms with Crippen molar-refractivity contribution in [1.82, 2.24) is 0 Å². The quantitative estimate of drug-likeness (QED) is 0.444. The third-order valence-electron chi connectivity index (χ3n) is 8.82. The Labute approximate surface area is 192 Å². The molecular formula is C27H40O5. The number of ether oxygens (including phenoxy) is 2. The van der Waals surface area contributed by atoms with Crippen LogP contribution in [0.5, 0.6) is 17.2 Å². The molecule has 2 aliphatic carbocycles. The molecule has 1 heterocycles. The van der Waals surface area contributed by atoms with E-state index in [9.17, 15) is 15.0 Å². The summed E-state index contributed by atoms with van der Waals surface area (Å²) in [5.41, 5.74) is 0.0344. The van der Waals surface area contributed by atoms with Gasteiger partial charge in [0, 0.05) is 23.5 Å². The third-order valence-corrected chi connectivity index (χ3v) is 8.82. The third kappa shape index (κ3) is 3.52. The Balaban J connectivity index is 1.80. The zero-order valence-corrected chi connectivity index (χ0v) is 20.7. The smallest absolute Gasteiger partial charge is 0.316 e. The average molecular weight is 445 g/mol. The standard InChI is InChI=1S/C27H40O5/c1-24(2,3)23(30)31-20-13-16-17(15-28)22-26(6)11-8-10-25(4,5)21(26)9-12-27(22,7)32-19(16)14-18(20)29/h13-14,17,21-22,28-29H,8-12,15H2,1-7H3/t17-,21+,22-,26+,27+/m1/s1. The van der Waals surface area contributed by atoms with E-state index in [-0.39, 0.29) is 40.8 Å². The minimum absolute atomic E-state index is 0.00319. The molecule has 5 heteroatoms. The molecule has 2 saturated carbocycles. The molecule has 0 unspecified atom stereocenters. The molecule has 1 aromatic carbocycles. The molecule has 2 fully saturated rings. The first-order chi connectivity index (χ1) is 14.7. The molecule has 0 spiro atoms. The Morgan fingerprint density at radius 1 is 1.16 bits per heavy atom. The van der Waals surface area contributed by atoms with Gasteiger partial charge < -0.3 is 19.7 Å². The van der Waals surface area contributed by atoms with Crippen molar-refractivity contribution in [1.29, 1.82) is 0 Å². The lowest BCUT2D eigenvalue weighted by Crippen LogP contribution is -2.63. The number of esters is 1. The monoisotopic (exact) mass is 444 g/mol. The molecule has 4 rings (SSSR count). The van der Waals surface area contributed by atoms with Crippen LogP contribution in [0, 0.1) is 28.1 Å². The summed E-state index contributed by atoms with van der Waals surface area (Å²) in [5, 5.41) is 21.3. The predicted molar refractivity (Wildman–Crippen MR) is 124 cm³/mol. The maximum atomic E-state index is 12.5. The molecule has 0 saturated heterocycles. The van der Waals surface area contributed by atoms with Crippen LogP contribution in [0.3, 0.4) is 0 Å². The summed E-state index contributed by atoms with van der Waals surface area (Å²) in [6.07, 6.45) is 5.58. The molecule has 0 aromatic heterocycles. The number of fused-ring (bicyclic) bond motifs is 4. The molecule has 0 radical (unpaired) electrons. The number of aromatic hydroxyl groups is 1. The number of phenolic OH excluding ortho intramolecular Hbond substituents is 1. The first kappa shape index (κ1) is 23.4. The number of aliphatic hydroxyl groups is 1. The van der Waals surface area contributed by atoms with Crippen LogP contribution >= 0.6 is 0 Å². The minimum Gasteiger partial charge on any atom is -0.504 e. The Bertz CT molecular complexity index is 913. The SMILES string of the molecule is CC(C)(C)C(=O)Oc1cc2c(cc1O)O[C@@]1(C)CC[C@H]3C(C)(C)CCC[C@]3(C)[C@H]1[C@@H]2CO. The maximum absolute atomic E-state index is 12.5. The number of benzene rings is 1. The first-order valence-electron chi connectivity index (χ1n) is 12.1. The van der Waals surface area contributed by atoms with E-state index in [0.717, 1.165) is 24.8 Å². The second kappa shape index (κ2) is 7.38. The van der Waals surface area contributed by atoms with E-state index < -0.39 is 17.0 Å². The summed E-state index contributed by atoms with van der Waals surface area (Å²) < 4.78 is 12.2. The molecule has 2 N–H and O–H groups in total.